The van der Waals surface area contributed by atoms with Crippen molar-refractivity contribution < 1.29 is 9.59 Å². The number of amides is 2. The van der Waals surface area contributed by atoms with Gasteiger partial charge in [-0.25, -0.2) is 4.79 Å². The van der Waals surface area contributed by atoms with Gasteiger partial charge in [-0.2, -0.15) is 0 Å². The summed E-state index contributed by atoms with van der Waals surface area (Å²) in [5.74, 6) is 1.06. The highest BCUT2D eigenvalue weighted by Gasteiger charge is 2.43. The quantitative estimate of drug-likeness (QED) is 0.768. The normalized spacial score (nSPS) is 30.7. The fraction of sp³-hybridized carbons (Fsp3) is 0.867. The third kappa shape index (κ3) is 2.37. The van der Waals surface area contributed by atoms with Crippen LogP contribution in [-0.2, 0) is 4.79 Å². The molecule has 0 radical (unpaired) electrons. The molecule has 1 heterocycles. The summed E-state index contributed by atoms with van der Waals surface area (Å²) in [4.78, 5) is 27.8. The maximum absolute atomic E-state index is 12.4. The number of carbonyl (C=O) groups excluding carboxylic acids is 2. The van der Waals surface area contributed by atoms with Gasteiger partial charge in [0.1, 0.15) is 5.78 Å². The number of hydrogen-bond acceptors (Lipinski definition) is 2. The van der Waals surface area contributed by atoms with E-state index < -0.39 is 0 Å². The van der Waals surface area contributed by atoms with Crippen molar-refractivity contribution >= 4 is 11.8 Å². The first-order chi connectivity index (χ1) is 9.16. The van der Waals surface area contributed by atoms with E-state index in [0.29, 0.717) is 36.6 Å². The van der Waals surface area contributed by atoms with Crippen LogP contribution >= 0.6 is 0 Å². The minimum Gasteiger partial charge on any atom is -0.323 e. The Labute approximate surface area is 115 Å². The van der Waals surface area contributed by atoms with Crippen molar-refractivity contribution in [3.63, 3.8) is 0 Å². The largest absolute Gasteiger partial charge is 0.323 e. The Bertz CT molecular complexity index is 366. The average molecular weight is 264 g/mol. The van der Waals surface area contributed by atoms with Crippen LogP contribution in [0.2, 0.25) is 0 Å². The number of nitrogens with zero attached hydrogens (tertiary/aromatic N) is 2. The van der Waals surface area contributed by atoms with E-state index in [1.807, 2.05) is 11.9 Å². The maximum atomic E-state index is 12.4. The Balaban J connectivity index is 1.66. The number of ketones is 1. The summed E-state index contributed by atoms with van der Waals surface area (Å²) in [6, 6.07) is 0.905. The fourth-order valence-corrected chi connectivity index (χ4v) is 4.10. The first-order valence-electron chi connectivity index (χ1n) is 7.72. The zero-order valence-corrected chi connectivity index (χ0v) is 11.8. The van der Waals surface area contributed by atoms with Crippen LogP contribution < -0.4 is 0 Å². The van der Waals surface area contributed by atoms with Gasteiger partial charge >= 0.3 is 6.03 Å². The molecule has 1 unspecified atom stereocenters. The Morgan fingerprint density at radius 3 is 2.26 bits per heavy atom. The van der Waals surface area contributed by atoms with Crippen LogP contribution in [0.1, 0.15) is 51.4 Å². The SMILES string of the molecule is CN1C(=O)N(C2CCC(=O)CC2)CC1C1CCCC1. The smallest absolute Gasteiger partial charge is 0.320 e. The molecule has 0 spiro atoms. The highest BCUT2D eigenvalue weighted by molar-refractivity contribution is 5.80. The van der Waals surface area contributed by atoms with Crippen molar-refractivity contribution in [2.75, 3.05) is 13.6 Å². The molecule has 0 N–H and O–H groups in total. The molecule has 19 heavy (non-hydrogen) atoms. The van der Waals surface area contributed by atoms with Crippen LogP contribution in [0.15, 0.2) is 0 Å². The van der Waals surface area contributed by atoms with Crippen molar-refractivity contribution in [3.8, 4) is 0 Å². The summed E-state index contributed by atoms with van der Waals surface area (Å²) in [5, 5.41) is 0. The van der Waals surface area contributed by atoms with Crippen molar-refractivity contribution in [1.29, 1.82) is 0 Å². The Hall–Kier alpha value is -1.06. The third-order valence-corrected chi connectivity index (χ3v) is 5.33. The molecule has 1 atom stereocenters. The van der Waals surface area contributed by atoms with Crippen LogP contribution in [0.3, 0.4) is 0 Å². The predicted molar refractivity (Wildman–Crippen MR) is 72.9 cm³/mol. The van der Waals surface area contributed by atoms with Gasteiger partial charge in [0.2, 0.25) is 0 Å². The predicted octanol–water partition coefficient (Wildman–Crippen LogP) is 2.42. The van der Waals surface area contributed by atoms with Gasteiger partial charge in [0, 0.05) is 32.5 Å². The molecular formula is C15H24N2O2. The molecule has 3 fully saturated rings. The molecule has 1 aliphatic heterocycles. The van der Waals surface area contributed by atoms with Gasteiger partial charge in [-0.05, 0) is 31.6 Å². The van der Waals surface area contributed by atoms with Crippen molar-refractivity contribution in [2.24, 2.45) is 5.92 Å². The Morgan fingerprint density at radius 2 is 1.63 bits per heavy atom. The van der Waals surface area contributed by atoms with Gasteiger partial charge in [-0.3, -0.25) is 4.79 Å². The third-order valence-electron chi connectivity index (χ3n) is 5.33. The van der Waals surface area contributed by atoms with Gasteiger partial charge in [0.05, 0.1) is 6.04 Å². The van der Waals surface area contributed by atoms with Gasteiger partial charge in [-0.15, -0.1) is 0 Å². The number of urea groups is 1. The molecule has 2 amide bonds. The number of Topliss-reactive ketones (excluding diaryl/α,β-unsaturated/α-hetero) is 1. The second-order valence-electron chi connectivity index (χ2n) is 6.43. The van der Waals surface area contributed by atoms with E-state index in [2.05, 4.69) is 4.90 Å². The second-order valence-corrected chi connectivity index (χ2v) is 6.43. The lowest BCUT2D eigenvalue weighted by Gasteiger charge is -2.30. The van der Waals surface area contributed by atoms with E-state index in [1.165, 1.54) is 25.7 Å². The van der Waals surface area contributed by atoms with Crippen LogP contribution in [0.4, 0.5) is 4.79 Å². The minimum absolute atomic E-state index is 0.191. The van der Waals surface area contributed by atoms with Crippen LogP contribution in [-0.4, -0.2) is 47.3 Å². The lowest BCUT2D eigenvalue weighted by Crippen LogP contribution is -2.40. The molecule has 2 saturated carbocycles. The number of carbonyl (C=O) groups is 2. The molecule has 2 aliphatic carbocycles. The standard InChI is InChI=1S/C15H24N2O2/c1-16-14(11-4-2-3-5-11)10-17(15(16)19)12-6-8-13(18)9-7-12/h11-12,14H,2-10H2,1H3. The van der Waals surface area contributed by atoms with Crippen LogP contribution in [0, 0.1) is 5.92 Å². The number of hydrogen-bond donors (Lipinski definition) is 0. The van der Waals surface area contributed by atoms with E-state index in [-0.39, 0.29) is 6.03 Å². The number of likely N-dealkylation sites (N-methyl/N-ethyl adjacent to an activating group) is 1. The van der Waals surface area contributed by atoms with E-state index in [1.54, 1.807) is 0 Å². The molecule has 1 saturated heterocycles. The zero-order chi connectivity index (χ0) is 13.4. The molecule has 3 aliphatic rings. The van der Waals surface area contributed by atoms with Crippen LogP contribution in [0.5, 0.6) is 0 Å². The van der Waals surface area contributed by atoms with Crippen molar-refractivity contribution in [2.45, 2.75) is 63.5 Å². The summed E-state index contributed by atoms with van der Waals surface area (Å²) in [5.41, 5.74) is 0. The topological polar surface area (TPSA) is 40.6 Å². The van der Waals surface area contributed by atoms with Gasteiger partial charge in [0.15, 0.2) is 0 Å². The zero-order valence-electron chi connectivity index (χ0n) is 11.8. The minimum atomic E-state index is 0.191. The van der Waals surface area contributed by atoms with Gasteiger partial charge in [0.25, 0.3) is 0 Å². The average Bonchev–Trinajstić information content (AvgIpc) is 3.02. The summed E-state index contributed by atoms with van der Waals surface area (Å²) in [6.07, 6.45) is 8.25. The van der Waals surface area contributed by atoms with E-state index >= 15 is 0 Å². The highest BCUT2D eigenvalue weighted by atomic mass is 16.2. The Kier molecular flexibility index (Phi) is 3.50. The second kappa shape index (κ2) is 5.14. The molecule has 0 aromatic carbocycles. The molecule has 0 aromatic heterocycles. The first kappa shape index (κ1) is 12.9. The Morgan fingerprint density at radius 1 is 1.00 bits per heavy atom. The molecule has 4 nitrogen and oxygen atoms in total. The molecule has 0 bridgehead atoms. The monoisotopic (exact) mass is 264 g/mol. The maximum Gasteiger partial charge on any atom is 0.320 e. The van der Waals surface area contributed by atoms with Crippen molar-refractivity contribution in [3.05, 3.63) is 0 Å². The summed E-state index contributed by atoms with van der Waals surface area (Å²) in [6.45, 7) is 0.888. The van der Waals surface area contributed by atoms with E-state index in [0.717, 1.165) is 19.4 Å². The number of rotatable bonds is 2. The highest BCUT2D eigenvalue weighted by Crippen LogP contribution is 2.35. The molecule has 0 aromatic rings. The molecule has 3 rings (SSSR count). The lowest BCUT2D eigenvalue weighted by atomic mass is 9.92. The van der Waals surface area contributed by atoms with Gasteiger partial charge < -0.3 is 9.80 Å². The van der Waals surface area contributed by atoms with E-state index in [4.69, 9.17) is 0 Å². The lowest BCUT2D eigenvalue weighted by molar-refractivity contribution is -0.121. The summed E-state index contributed by atoms with van der Waals surface area (Å²) in [7, 11) is 1.96. The van der Waals surface area contributed by atoms with Crippen molar-refractivity contribution in [1.82, 2.24) is 9.80 Å². The fourth-order valence-electron chi connectivity index (χ4n) is 4.10. The summed E-state index contributed by atoms with van der Waals surface area (Å²) >= 11 is 0. The van der Waals surface area contributed by atoms with Crippen LogP contribution in [0.25, 0.3) is 0 Å². The first-order valence-corrected chi connectivity index (χ1v) is 7.72. The molecule has 106 valence electrons. The summed E-state index contributed by atoms with van der Waals surface area (Å²) < 4.78 is 0. The molecule has 4 heteroatoms. The molecular weight excluding hydrogens is 240 g/mol. The van der Waals surface area contributed by atoms with Gasteiger partial charge in [-0.1, -0.05) is 12.8 Å². The van der Waals surface area contributed by atoms with E-state index in [9.17, 15) is 9.59 Å².